The number of hydrogen-bond acceptors (Lipinski definition) is 3. The fraction of sp³-hybridized carbons (Fsp3) is 0.222. The van der Waals surface area contributed by atoms with Gasteiger partial charge in [-0.25, -0.2) is 0 Å². The largest absolute Gasteiger partial charge is 0.384 e. The van der Waals surface area contributed by atoms with Crippen molar-refractivity contribution in [3.63, 3.8) is 0 Å². The predicted octanol–water partition coefficient (Wildman–Crippen LogP) is 1.65. The van der Waals surface area contributed by atoms with Crippen molar-refractivity contribution in [1.29, 1.82) is 0 Å². The number of rotatable bonds is 2. The number of aryl methyl sites for hydroxylation is 1. The van der Waals surface area contributed by atoms with E-state index in [1.807, 2.05) is 19.2 Å². The van der Waals surface area contributed by atoms with Crippen LogP contribution in [0.5, 0.6) is 0 Å². The monoisotopic (exact) mass is 193 g/mol. The highest BCUT2D eigenvalue weighted by Gasteiger charge is 2.02. The Kier molecular flexibility index (Phi) is 2.06. The summed E-state index contributed by atoms with van der Waals surface area (Å²) in [6.45, 7) is 0. The first kappa shape index (κ1) is 8.31. The first-order chi connectivity index (χ1) is 6.25. The summed E-state index contributed by atoms with van der Waals surface area (Å²) in [5.74, 6) is 0.714. The highest BCUT2D eigenvalue weighted by atomic mass is 32.1. The lowest BCUT2D eigenvalue weighted by atomic mass is 10.3. The van der Waals surface area contributed by atoms with E-state index in [1.165, 1.54) is 4.88 Å². The molecule has 0 saturated heterocycles. The molecule has 2 N–H and O–H groups in total. The molecule has 0 saturated carbocycles. The molecular formula is C9H11N3S. The molecule has 0 aliphatic carbocycles. The van der Waals surface area contributed by atoms with Gasteiger partial charge in [0, 0.05) is 24.4 Å². The minimum absolute atomic E-state index is 0.714. The predicted molar refractivity (Wildman–Crippen MR) is 54.7 cm³/mol. The van der Waals surface area contributed by atoms with Crippen LogP contribution in [0, 0.1) is 0 Å². The van der Waals surface area contributed by atoms with Gasteiger partial charge in [-0.15, -0.1) is 11.3 Å². The third-order valence-corrected chi connectivity index (χ3v) is 2.78. The van der Waals surface area contributed by atoms with Crippen molar-refractivity contribution in [3.8, 4) is 0 Å². The van der Waals surface area contributed by atoms with Gasteiger partial charge in [-0.1, -0.05) is 6.07 Å². The van der Waals surface area contributed by atoms with Crippen LogP contribution < -0.4 is 5.73 Å². The van der Waals surface area contributed by atoms with Gasteiger partial charge in [-0.05, 0) is 11.4 Å². The average molecular weight is 193 g/mol. The molecule has 0 unspecified atom stereocenters. The number of anilines is 1. The first-order valence-electron chi connectivity index (χ1n) is 4.06. The summed E-state index contributed by atoms with van der Waals surface area (Å²) in [5.41, 5.74) is 6.70. The molecule has 3 nitrogen and oxygen atoms in total. The van der Waals surface area contributed by atoms with Gasteiger partial charge in [0.1, 0.15) is 5.82 Å². The van der Waals surface area contributed by atoms with E-state index in [9.17, 15) is 0 Å². The van der Waals surface area contributed by atoms with Crippen LogP contribution in [0.15, 0.2) is 23.6 Å². The molecule has 13 heavy (non-hydrogen) atoms. The molecule has 0 bridgehead atoms. The molecule has 2 heterocycles. The van der Waals surface area contributed by atoms with E-state index in [4.69, 9.17) is 5.73 Å². The van der Waals surface area contributed by atoms with Crippen LogP contribution in [0.2, 0.25) is 0 Å². The maximum Gasteiger partial charge on any atom is 0.121 e. The summed E-state index contributed by atoms with van der Waals surface area (Å²) < 4.78 is 1.70. The number of thiophene rings is 1. The molecule has 68 valence electrons. The van der Waals surface area contributed by atoms with Crippen LogP contribution in [0.1, 0.15) is 10.6 Å². The summed E-state index contributed by atoms with van der Waals surface area (Å²) in [4.78, 5) is 1.32. The molecule has 0 fully saturated rings. The van der Waals surface area contributed by atoms with Gasteiger partial charge in [0.2, 0.25) is 0 Å². The van der Waals surface area contributed by atoms with Crippen molar-refractivity contribution >= 4 is 17.2 Å². The van der Waals surface area contributed by atoms with Crippen molar-refractivity contribution < 1.29 is 0 Å². The minimum Gasteiger partial charge on any atom is -0.384 e. The molecular weight excluding hydrogens is 182 g/mol. The molecule has 0 radical (unpaired) electrons. The summed E-state index contributed by atoms with van der Waals surface area (Å²) in [5, 5.41) is 6.35. The van der Waals surface area contributed by atoms with Gasteiger partial charge in [0.05, 0.1) is 5.69 Å². The molecule has 0 amide bonds. The fourth-order valence-corrected chi connectivity index (χ4v) is 1.94. The molecule has 0 aromatic carbocycles. The number of aromatic nitrogens is 2. The number of nitrogens with zero attached hydrogens (tertiary/aromatic N) is 2. The Morgan fingerprint density at radius 3 is 3.00 bits per heavy atom. The zero-order chi connectivity index (χ0) is 9.26. The zero-order valence-electron chi connectivity index (χ0n) is 7.40. The van der Waals surface area contributed by atoms with Crippen LogP contribution in [0.3, 0.4) is 0 Å². The fourth-order valence-electron chi connectivity index (χ4n) is 1.22. The highest BCUT2D eigenvalue weighted by molar-refractivity contribution is 7.09. The van der Waals surface area contributed by atoms with E-state index >= 15 is 0 Å². The van der Waals surface area contributed by atoms with Crippen LogP contribution in [0.4, 0.5) is 5.82 Å². The van der Waals surface area contributed by atoms with Crippen molar-refractivity contribution in [1.82, 2.24) is 9.78 Å². The van der Waals surface area contributed by atoms with Crippen LogP contribution in [-0.2, 0) is 13.5 Å². The molecule has 0 atom stereocenters. The van der Waals surface area contributed by atoms with Crippen LogP contribution in [0.25, 0.3) is 0 Å². The van der Waals surface area contributed by atoms with Gasteiger partial charge in [0.15, 0.2) is 0 Å². The van der Waals surface area contributed by atoms with E-state index in [0.29, 0.717) is 5.82 Å². The molecule has 0 aliphatic heterocycles. The summed E-state index contributed by atoms with van der Waals surface area (Å²) in [6, 6.07) is 6.07. The van der Waals surface area contributed by atoms with Gasteiger partial charge < -0.3 is 5.73 Å². The standard InChI is InChI=1S/C9H11N3S/c1-12-9(10)6-7(11-12)5-8-3-2-4-13-8/h2-4,6H,5,10H2,1H3. The Morgan fingerprint density at radius 1 is 1.62 bits per heavy atom. The molecule has 0 aliphatic rings. The second-order valence-electron chi connectivity index (χ2n) is 2.94. The SMILES string of the molecule is Cn1nc(Cc2cccs2)cc1N. The van der Waals surface area contributed by atoms with Gasteiger partial charge >= 0.3 is 0 Å². The van der Waals surface area contributed by atoms with Gasteiger partial charge in [-0.2, -0.15) is 5.10 Å². The maximum absolute atomic E-state index is 5.67. The van der Waals surface area contributed by atoms with E-state index in [2.05, 4.69) is 16.5 Å². The smallest absolute Gasteiger partial charge is 0.121 e. The number of nitrogen functional groups attached to an aromatic ring is 1. The molecule has 2 aromatic rings. The molecule has 2 aromatic heterocycles. The number of hydrogen-bond donors (Lipinski definition) is 1. The quantitative estimate of drug-likeness (QED) is 0.788. The average Bonchev–Trinajstić information content (AvgIpc) is 2.64. The van der Waals surface area contributed by atoms with Crippen molar-refractivity contribution in [2.45, 2.75) is 6.42 Å². The van der Waals surface area contributed by atoms with E-state index < -0.39 is 0 Å². The lowest BCUT2D eigenvalue weighted by Gasteiger charge is -1.91. The lowest BCUT2D eigenvalue weighted by Crippen LogP contribution is -1.97. The van der Waals surface area contributed by atoms with Crippen LogP contribution >= 0.6 is 11.3 Å². The van der Waals surface area contributed by atoms with Gasteiger partial charge in [-0.3, -0.25) is 4.68 Å². The lowest BCUT2D eigenvalue weighted by molar-refractivity contribution is 0.760. The second kappa shape index (κ2) is 3.22. The second-order valence-corrected chi connectivity index (χ2v) is 3.97. The summed E-state index contributed by atoms with van der Waals surface area (Å²) >= 11 is 1.74. The van der Waals surface area contributed by atoms with Crippen molar-refractivity contribution in [2.24, 2.45) is 7.05 Å². The Morgan fingerprint density at radius 2 is 2.46 bits per heavy atom. The maximum atomic E-state index is 5.67. The van der Waals surface area contributed by atoms with Crippen LogP contribution in [-0.4, -0.2) is 9.78 Å². The van der Waals surface area contributed by atoms with E-state index in [1.54, 1.807) is 16.0 Å². The number of nitrogens with two attached hydrogens (primary N) is 1. The highest BCUT2D eigenvalue weighted by Crippen LogP contribution is 2.15. The Bertz CT molecular complexity index is 369. The van der Waals surface area contributed by atoms with Crippen molar-refractivity contribution in [3.05, 3.63) is 34.2 Å². The normalized spacial score (nSPS) is 10.5. The van der Waals surface area contributed by atoms with Gasteiger partial charge in [0.25, 0.3) is 0 Å². The first-order valence-corrected chi connectivity index (χ1v) is 4.94. The summed E-state index contributed by atoms with van der Waals surface area (Å²) in [6.07, 6.45) is 0.878. The van der Waals surface area contributed by atoms with Crippen molar-refractivity contribution in [2.75, 3.05) is 5.73 Å². The molecule has 4 heteroatoms. The molecule has 2 rings (SSSR count). The zero-order valence-corrected chi connectivity index (χ0v) is 8.21. The Balaban J connectivity index is 2.19. The minimum atomic E-state index is 0.714. The topological polar surface area (TPSA) is 43.8 Å². The van der Waals surface area contributed by atoms with E-state index in [-0.39, 0.29) is 0 Å². The van der Waals surface area contributed by atoms with E-state index in [0.717, 1.165) is 12.1 Å². The Hall–Kier alpha value is -1.29. The third-order valence-electron chi connectivity index (χ3n) is 1.90. The summed E-state index contributed by atoms with van der Waals surface area (Å²) in [7, 11) is 1.85. The third kappa shape index (κ3) is 1.72. The Labute approximate surface area is 80.8 Å². The molecule has 0 spiro atoms.